The number of aliphatic hydroxyl groups excluding tert-OH is 1. The summed E-state index contributed by atoms with van der Waals surface area (Å²) in [5.74, 6) is -1.19. The molecule has 7 nitrogen and oxygen atoms in total. The fraction of sp³-hybridized carbons (Fsp3) is 0.429. The van der Waals surface area contributed by atoms with E-state index in [2.05, 4.69) is 18.7 Å². The van der Waals surface area contributed by atoms with Crippen LogP contribution in [0, 0.1) is 5.82 Å². The molecule has 0 bridgehead atoms. The monoisotopic (exact) mass is 498 g/mol. The quantitative estimate of drug-likeness (QED) is 0.258. The highest BCUT2D eigenvalue weighted by molar-refractivity contribution is 6.46. The van der Waals surface area contributed by atoms with Crippen molar-refractivity contribution in [2.45, 2.75) is 40.2 Å². The standard InChI is InChI=1S/C28H35FN2O5/c1-5-30(6-2)16-9-17-31-25(20-12-15-22(35-7-3)23(18-20)36-8-4)24(27(33)28(31)34)26(32)19-10-13-21(29)14-11-19/h10-15,18,25,32H,5-9,16-17H2,1-4H3/t25-/m1/s1. The van der Waals surface area contributed by atoms with Crippen LogP contribution < -0.4 is 9.47 Å². The Morgan fingerprint density at radius 2 is 1.61 bits per heavy atom. The van der Waals surface area contributed by atoms with Crippen LogP contribution in [0.15, 0.2) is 48.0 Å². The smallest absolute Gasteiger partial charge is 0.295 e. The van der Waals surface area contributed by atoms with E-state index in [1.54, 1.807) is 18.2 Å². The van der Waals surface area contributed by atoms with Gasteiger partial charge in [-0.3, -0.25) is 9.59 Å². The van der Waals surface area contributed by atoms with E-state index in [9.17, 15) is 19.1 Å². The molecule has 0 spiro atoms. The fourth-order valence-corrected chi connectivity index (χ4v) is 4.46. The molecule has 0 unspecified atom stereocenters. The molecule has 1 amide bonds. The minimum Gasteiger partial charge on any atom is -0.507 e. The maximum Gasteiger partial charge on any atom is 0.295 e. The lowest BCUT2D eigenvalue weighted by Crippen LogP contribution is -2.33. The Hall–Kier alpha value is -3.39. The van der Waals surface area contributed by atoms with Crippen LogP contribution in [0.3, 0.4) is 0 Å². The van der Waals surface area contributed by atoms with Crippen LogP contribution in [0.4, 0.5) is 4.39 Å². The van der Waals surface area contributed by atoms with Crippen molar-refractivity contribution in [2.75, 3.05) is 39.4 Å². The van der Waals surface area contributed by atoms with E-state index >= 15 is 0 Å². The largest absolute Gasteiger partial charge is 0.507 e. The maximum absolute atomic E-state index is 13.5. The Labute approximate surface area is 212 Å². The number of hydrogen-bond donors (Lipinski definition) is 1. The number of hydrogen-bond acceptors (Lipinski definition) is 6. The molecule has 194 valence electrons. The summed E-state index contributed by atoms with van der Waals surface area (Å²) < 4.78 is 24.9. The van der Waals surface area contributed by atoms with Crippen molar-refractivity contribution in [1.29, 1.82) is 0 Å². The molecule has 0 radical (unpaired) electrons. The summed E-state index contributed by atoms with van der Waals surface area (Å²) in [7, 11) is 0. The number of halogens is 1. The number of likely N-dealkylation sites (tertiary alicyclic amines) is 1. The van der Waals surface area contributed by atoms with Crippen LogP contribution in [0.1, 0.15) is 51.3 Å². The summed E-state index contributed by atoms with van der Waals surface area (Å²) in [5, 5.41) is 11.1. The molecule has 3 rings (SSSR count). The van der Waals surface area contributed by atoms with Crippen LogP contribution in [-0.4, -0.2) is 66.0 Å². The maximum atomic E-state index is 13.5. The lowest BCUT2D eigenvalue weighted by molar-refractivity contribution is -0.140. The minimum atomic E-state index is -0.818. The topological polar surface area (TPSA) is 79.3 Å². The highest BCUT2D eigenvalue weighted by Crippen LogP contribution is 2.42. The SMILES string of the molecule is CCOc1ccc([C@@H]2C(=C(O)c3ccc(F)cc3)C(=O)C(=O)N2CCCN(CC)CC)cc1OCC. The molecule has 36 heavy (non-hydrogen) atoms. The number of aliphatic hydroxyl groups is 1. The van der Waals surface area contributed by atoms with Gasteiger partial charge in [-0.2, -0.15) is 0 Å². The van der Waals surface area contributed by atoms with Crippen molar-refractivity contribution in [1.82, 2.24) is 9.80 Å². The fourth-order valence-electron chi connectivity index (χ4n) is 4.46. The first kappa shape index (κ1) is 27.2. The van der Waals surface area contributed by atoms with E-state index in [-0.39, 0.29) is 16.9 Å². The third-order valence-electron chi connectivity index (χ3n) is 6.31. The van der Waals surface area contributed by atoms with Gasteiger partial charge in [-0.05, 0) is 81.9 Å². The Kier molecular flexibility index (Phi) is 9.47. The summed E-state index contributed by atoms with van der Waals surface area (Å²) in [6, 6.07) is 9.64. The summed E-state index contributed by atoms with van der Waals surface area (Å²) >= 11 is 0. The summed E-state index contributed by atoms with van der Waals surface area (Å²) in [5.41, 5.74) is 0.854. The van der Waals surface area contributed by atoms with E-state index in [0.717, 1.165) is 19.6 Å². The van der Waals surface area contributed by atoms with Gasteiger partial charge in [0.1, 0.15) is 11.6 Å². The van der Waals surface area contributed by atoms with Crippen molar-refractivity contribution in [2.24, 2.45) is 0 Å². The number of Topliss-reactive ketones (excluding diaryl/α,β-unsaturated/α-hetero) is 1. The van der Waals surface area contributed by atoms with Gasteiger partial charge in [0.05, 0.1) is 24.8 Å². The Morgan fingerprint density at radius 1 is 0.972 bits per heavy atom. The molecule has 0 saturated carbocycles. The molecule has 8 heteroatoms. The van der Waals surface area contributed by atoms with Crippen molar-refractivity contribution in [3.63, 3.8) is 0 Å². The number of amides is 1. The third-order valence-corrected chi connectivity index (χ3v) is 6.31. The van der Waals surface area contributed by atoms with E-state index in [0.29, 0.717) is 43.2 Å². The van der Waals surface area contributed by atoms with Crippen molar-refractivity contribution < 1.29 is 28.6 Å². The summed E-state index contributed by atoms with van der Waals surface area (Å²) in [4.78, 5) is 30.2. The number of ketones is 1. The van der Waals surface area contributed by atoms with Crippen LogP contribution in [0.2, 0.25) is 0 Å². The van der Waals surface area contributed by atoms with Gasteiger partial charge in [0, 0.05) is 12.1 Å². The Morgan fingerprint density at radius 3 is 2.22 bits per heavy atom. The predicted octanol–water partition coefficient (Wildman–Crippen LogP) is 4.78. The summed E-state index contributed by atoms with van der Waals surface area (Å²) in [6.07, 6.45) is 0.664. The average molecular weight is 499 g/mol. The molecular weight excluding hydrogens is 463 g/mol. The van der Waals surface area contributed by atoms with Gasteiger partial charge in [-0.25, -0.2) is 4.39 Å². The molecule has 1 aliphatic heterocycles. The third kappa shape index (κ3) is 5.87. The second-order valence-corrected chi connectivity index (χ2v) is 8.45. The first-order valence-corrected chi connectivity index (χ1v) is 12.5. The van der Waals surface area contributed by atoms with Crippen LogP contribution in [-0.2, 0) is 9.59 Å². The number of ether oxygens (including phenoxy) is 2. The van der Waals surface area contributed by atoms with Gasteiger partial charge >= 0.3 is 0 Å². The van der Waals surface area contributed by atoms with Gasteiger partial charge in [0.15, 0.2) is 11.5 Å². The number of rotatable bonds is 12. The lowest BCUT2D eigenvalue weighted by atomic mass is 9.95. The molecule has 1 fully saturated rings. The zero-order valence-electron chi connectivity index (χ0n) is 21.4. The molecule has 0 aromatic heterocycles. The second-order valence-electron chi connectivity index (χ2n) is 8.45. The first-order chi connectivity index (χ1) is 17.4. The van der Waals surface area contributed by atoms with Crippen molar-refractivity contribution in [3.05, 3.63) is 65.0 Å². The van der Waals surface area contributed by atoms with Gasteiger partial charge < -0.3 is 24.4 Å². The van der Waals surface area contributed by atoms with Gasteiger partial charge in [0.2, 0.25) is 0 Å². The van der Waals surface area contributed by atoms with Crippen LogP contribution >= 0.6 is 0 Å². The molecular formula is C28H35FN2O5. The lowest BCUT2D eigenvalue weighted by Gasteiger charge is -2.27. The van der Waals surface area contributed by atoms with E-state index in [1.807, 2.05) is 13.8 Å². The van der Waals surface area contributed by atoms with Gasteiger partial charge in [-0.15, -0.1) is 0 Å². The van der Waals surface area contributed by atoms with E-state index in [4.69, 9.17) is 9.47 Å². The molecule has 1 N–H and O–H groups in total. The highest BCUT2D eigenvalue weighted by Gasteiger charge is 2.46. The minimum absolute atomic E-state index is 0.0268. The average Bonchev–Trinajstić information content (AvgIpc) is 3.13. The molecule has 1 saturated heterocycles. The second kappa shape index (κ2) is 12.5. The molecule has 0 aliphatic carbocycles. The van der Waals surface area contributed by atoms with Gasteiger partial charge in [-0.1, -0.05) is 19.9 Å². The number of carbonyl (C=O) groups excluding carboxylic acids is 2. The number of carbonyl (C=O) groups is 2. The van der Waals surface area contributed by atoms with Gasteiger partial charge in [0.25, 0.3) is 11.7 Å². The molecule has 2 aromatic rings. The molecule has 1 heterocycles. The van der Waals surface area contributed by atoms with Crippen LogP contribution in [0.5, 0.6) is 11.5 Å². The van der Waals surface area contributed by atoms with Crippen molar-refractivity contribution >= 4 is 17.4 Å². The highest BCUT2D eigenvalue weighted by atomic mass is 19.1. The Balaban J connectivity index is 2.09. The summed E-state index contributed by atoms with van der Waals surface area (Å²) in [6.45, 7) is 11.6. The molecule has 1 aliphatic rings. The number of nitrogens with zero attached hydrogens (tertiary/aromatic N) is 2. The molecule has 2 aromatic carbocycles. The van der Waals surface area contributed by atoms with Crippen molar-refractivity contribution in [3.8, 4) is 11.5 Å². The van der Waals surface area contributed by atoms with E-state index in [1.165, 1.54) is 29.2 Å². The Bertz CT molecular complexity index is 1100. The predicted molar refractivity (Wildman–Crippen MR) is 137 cm³/mol. The van der Waals surface area contributed by atoms with Crippen LogP contribution in [0.25, 0.3) is 5.76 Å². The normalized spacial score (nSPS) is 17.2. The zero-order chi connectivity index (χ0) is 26.2. The first-order valence-electron chi connectivity index (χ1n) is 12.5. The van der Waals surface area contributed by atoms with E-state index < -0.39 is 23.5 Å². The molecule has 1 atom stereocenters. The number of benzene rings is 2. The zero-order valence-corrected chi connectivity index (χ0v) is 21.4.